The van der Waals surface area contributed by atoms with Gasteiger partial charge in [0.25, 0.3) is 0 Å². The molecule has 30 heavy (non-hydrogen) atoms. The minimum atomic E-state index is -1.07. The molecule has 0 aliphatic carbocycles. The Kier molecular flexibility index (Phi) is 7.22. The second-order valence-electron chi connectivity index (χ2n) is 7.09. The summed E-state index contributed by atoms with van der Waals surface area (Å²) in [6, 6.07) is 25.7. The lowest BCUT2D eigenvalue weighted by molar-refractivity contribution is -0.141. The number of aliphatic carboxylic acids is 1. The van der Waals surface area contributed by atoms with Crippen LogP contribution in [-0.4, -0.2) is 30.1 Å². The highest BCUT2D eigenvalue weighted by molar-refractivity contribution is 5.84. The predicted octanol–water partition coefficient (Wildman–Crippen LogP) is 4.03. The van der Waals surface area contributed by atoms with Crippen LogP contribution >= 0.6 is 0 Å². The summed E-state index contributed by atoms with van der Waals surface area (Å²) in [7, 11) is 1.56. The maximum Gasteiger partial charge on any atom is 0.326 e. The molecule has 0 aromatic heterocycles. The summed E-state index contributed by atoms with van der Waals surface area (Å²) in [6.45, 7) is 0. The fourth-order valence-corrected chi connectivity index (χ4v) is 3.47. The number of hydrogen-bond acceptors (Lipinski definition) is 3. The Labute approximate surface area is 176 Å². The van der Waals surface area contributed by atoms with Gasteiger partial charge in [-0.25, -0.2) is 4.79 Å². The van der Waals surface area contributed by atoms with E-state index in [1.54, 1.807) is 25.3 Å². The molecule has 3 aromatic rings. The summed E-state index contributed by atoms with van der Waals surface area (Å²) in [5, 5.41) is 12.3. The highest BCUT2D eigenvalue weighted by Gasteiger charge is 2.24. The highest BCUT2D eigenvalue weighted by atomic mass is 16.5. The van der Waals surface area contributed by atoms with Gasteiger partial charge in [0, 0.05) is 18.8 Å². The summed E-state index contributed by atoms with van der Waals surface area (Å²) in [6.07, 6.45) is 0.343. The Morgan fingerprint density at radius 3 is 2.03 bits per heavy atom. The lowest BCUT2D eigenvalue weighted by Gasteiger charge is -2.20. The second kappa shape index (κ2) is 10.3. The Morgan fingerprint density at radius 1 is 0.900 bits per heavy atom. The molecule has 0 spiro atoms. The van der Waals surface area contributed by atoms with Gasteiger partial charge in [0.1, 0.15) is 11.8 Å². The van der Waals surface area contributed by atoms with Crippen LogP contribution in [0.1, 0.15) is 29.0 Å². The Bertz CT molecular complexity index is 933. The molecule has 154 valence electrons. The Balaban J connectivity index is 1.75. The number of nitrogens with one attached hydrogen (secondary N) is 1. The van der Waals surface area contributed by atoms with E-state index >= 15 is 0 Å². The molecule has 5 nitrogen and oxygen atoms in total. The van der Waals surface area contributed by atoms with Crippen molar-refractivity contribution in [2.45, 2.75) is 24.8 Å². The van der Waals surface area contributed by atoms with E-state index < -0.39 is 12.0 Å². The van der Waals surface area contributed by atoms with Crippen molar-refractivity contribution >= 4 is 11.9 Å². The molecule has 1 unspecified atom stereocenters. The first-order valence-corrected chi connectivity index (χ1v) is 9.82. The summed E-state index contributed by atoms with van der Waals surface area (Å²) in [4.78, 5) is 24.6. The molecule has 3 aromatic carbocycles. The lowest BCUT2D eigenvalue weighted by atomic mass is 9.88. The van der Waals surface area contributed by atoms with Crippen LogP contribution in [0.25, 0.3) is 0 Å². The molecule has 5 heteroatoms. The zero-order chi connectivity index (χ0) is 21.3. The van der Waals surface area contributed by atoms with Crippen LogP contribution in [0.15, 0.2) is 84.9 Å². The Hall–Kier alpha value is -3.60. The minimum Gasteiger partial charge on any atom is -0.497 e. The molecular formula is C25H25NO4. The monoisotopic (exact) mass is 403 g/mol. The van der Waals surface area contributed by atoms with E-state index in [2.05, 4.69) is 5.32 Å². The first-order valence-electron chi connectivity index (χ1n) is 9.82. The molecular weight excluding hydrogens is 378 g/mol. The quantitative estimate of drug-likeness (QED) is 0.566. The molecule has 0 aliphatic heterocycles. The molecule has 0 bridgehead atoms. The second-order valence-corrected chi connectivity index (χ2v) is 7.09. The zero-order valence-corrected chi connectivity index (χ0v) is 16.8. The van der Waals surface area contributed by atoms with Crippen LogP contribution < -0.4 is 10.1 Å². The van der Waals surface area contributed by atoms with Gasteiger partial charge in [-0.15, -0.1) is 0 Å². The van der Waals surface area contributed by atoms with E-state index in [0.29, 0.717) is 5.75 Å². The van der Waals surface area contributed by atoms with Crippen molar-refractivity contribution in [2.24, 2.45) is 0 Å². The summed E-state index contributed by atoms with van der Waals surface area (Å²) < 4.78 is 5.19. The van der Waals surface area contributed by atoms with E-state index in [0.717, 1.165) is 16.7 Å². The van der Waals surface area contributed by atoms with E-state index in [9.17, 15) is 14.7 Å². The number of amides is 1. The normalized spacial score (nSPS) is 11.7. The lowest BCUT2D eigenvalue weighted by Crippen LogP contribution is -2.42. The SMILES string of the molecule is COc1cccc(CC(NC(=O)CC(c2ccccc2)c2ccccc2)C(=O)O)c1. The molecule has 2 N–H and O–H groups in total. The standard InChI is InChI=1S/C25H25NO4/c1-30-21-14-8-9-18(15-21)16-23(25(28)29)26-24(27)17-22(19-10-4-2-5-11-19)20-12-6-3-7-13-20/h2-15,22-23H,16-17H2,1H3,(H,26,27)(H,28,29). The van der Waals surface area contributed by atoms with Crippen molar-refractivity contribution < 1.29 is 19.4 Å². The zero-order valence-electron chi connectivity index (χ0n) is 16.8. The number of benzene rings is 3. The van der Waals surface area contributed by atoms with Crippen LogP contribution in [0.4, 0.5) is 0 Å². The van der Waals surface area contributed by atoms with Crippen LogP contribution in [0, 0.1) is 0 Å². The van der Waals surface area contributed by atoms with Gasteiger partial charge in [-0.3, -0.25) is 4.79 Å². The third-order valence-electron chi connectivity index (χ3n) is 5.00. The van der Waals surface area contributed by atoms with Crippen molar-refractivity contribution in [1.82, 2.24) is 5.32 Å². The highest BCUT2D eigenvalue weighted by Crippen LogP contribution is 2.28. The topological polar surface area (TPSA) is 75.6 Å². The van der Waals surface area contributed by atoms with E-state index in [-0.39, 0.29) is 24.7 Å². The molecule has 0 saturated carbocycles. The number of ether oxygens (including phenoxy) is 1. The first kappa shape index (κ1) is 21.1. The molecule has 0 fully saturated rings. The molecule has 0 heterocycles. The fraction of sp³-hybridized carbons (Fsp3) is 0.200. The van der Waals surface area contributed by atoms with Gasteiger partial charge >= 0.3 is 5.97 Å². The molecule has 0 radical (unpaired) electrons. The summed E-state index contributed by atoms with van der Waals surface area (Å²) in [5.74, 6) is -0.875. The van der Waals surface area contributed by atoms with Gasteiger partial charge in [-0.05, 0) is 28.8 Å². The third-order valence-corrected chi connectivity index (χ3v) is 5.00. The average Bonchev–Trinajstić information content (AvgIpc) is 2.78. The number of carboxylic acids is 1. The summed E-state index contributed by atoms with van der Waals surface area (Å²) >= 11 is 0. The number of rotatable bonds is 9. The van der Waals surface area contributed by atoms with Gasteiger partial charge in [0.05, 0.1) is 7.11 Å². The van der Waals surface area contributed by atoms with Crippen LogP contribution in [0.3, 0.4) is 0 Å². The van der Waals surface area contributed by atoms with Crippen molar-refractivity contribution in [3.05, 3.63) is 102 Å². The van der Waals surface area contributed by atoms with E-state index in [4.69, 9.17) is 4.74 Å². The third kappa shape index (κ3) is 5.70. The van der Waals surface area contributed by atoms with Crippen LogP contribution in [0.2, 0.25) is 0 Å². The molecule has 0 saturated heterocycles. The molecule has 1 amide bonds. The van der Waals surface area contributed by atoms with Crippen LogP contribution in [0.5, 0.6) is 5.75 Å². The largest absolute Gasteiger partial charge is 0.497 e. The maximum atomic E-state index is 12.8. The number of carboxylic acid groups (broad SMARTS) is 1. The van der Waals surface area contributed by atoms with Crippen LogP contribution in [-0.2, 0) is 16.0 Å². The van der Waals surface area contributed by atoms with Crippen molar-refractivity contribution in [1.29, 1.82) is 0 Å². The van der Waals surface area contributed by atoms with Gasteiger partial charge in [-0.2, -0.15) is 0 Å². The van der Waals surface area contributed by atoms with Gasteiger partial charge in [0.15, 0.2) is 0 Å². The molecule has 1 atom stereocenters. The van der Waals surface area contributed by atoms with Gasteiger partial charge in [0.2, 0.25) is 5.91 Å². The minimum absolute atomic E-state index is 0.154. The number of carbonyl (C=O) groups excluding carboxylic acids is 1. The maximum absolute atomic E-state index is 12.8. The van der Waals surface area contributed by atoms with E-state index in [1.165, 1.54) is 0 Å². The van der Waals surface area contributed by atoms with Crippen molar-refractivity contribution in [3.8, 4) is 5.75 Å². The number of carbonyl (C=O) groups is 2. The number of methoxy groups -OCH3 is 1. The molecule has 0 aliphatic rings. The van der Waals surface area contributed by atoms with E-state index in [1.807, 2.05) is 66.7 Å². The smallest absolute Gasteiger partial charge is 0.326 e. The van der Waals surface area contributed by atoms with Crippen molar-refractivity contribution in [2.75, 3.05) is 7.11 Å². The average molecular weight is 403 g/mol. The van der Waals surface area contributed by atoms with Gasteiger partial charge < -0.3 is 15.2 Å². The number of hydrogen-bond donors (Lipinski definition) is 2. The Morgan fingerprint density at radius 2 is 1.50 bits per heavy atom. The van der Waals surface area contributed by atoms with Crippen molar-refractivity contribution in [3.63, 3.8) is 0 Å². The first-order chi connectivity index (χ1) is 14.6. The summed E-state index contributed by atoms with van der Waals surface area (Å²) in [5.41, 5.74) is 2.81. The fourth-order valence-electron chi connectivity index (χ4n) is 3.47. The predicted molar refractivity (Wildman–Crippen MR) is 116 cm³/mol. The van der Waals surface area contributed by atoms with Gasteiger partial charge in [-0.1, -0.05) is 72.8 Å². The molecule has 3 rings (SSSR count).